The average Bonchev–Trinajstić information content (AvgIpc) is 2.79. The molecule has 0 heteroatoms. The van der Waals surface area contributed by atoms with Crippen LogP contribution in [0.25, 0.3) is 0 Å². The van der Waals surface area contributed by atoms with Gasteiger partial charge in [0.05, 0.1) is 0 Å². The lowest BCUT2D eigenvalue weighted by Gasteiger charge is -2.60. The van der Waals surface area contributed by atoms with E-state index in [9.17, 15) is 0 Å². The highest BCUT2D eigenvalue weighted by Crippen LogP contribution is 2.66. The van der Waals surface area contributed by atoms with Crippen molar-refractivity contribution < 1.29 is 0 Å². The molecule has 0 bridgehead atoms. The van der Waals surface area contributed by atoms with E-state index in [-0.39, 0.29) is 0 Å². The first-order valence-corrected chi connectivity index (χ1v) is 9.13. The zero-order valence-electron chi connectivity index (χ0n) is 13.1. The number of fused-ring (bicyclic) bond motifs is 5. The average molecular weight is 260 g/mol. The Labute approximate surface area is 119 Å². The molecule has 0 aromatic rings. The predicted octanol–water partition coefficient (Wildman–Crippen LogP) is 5.81. The first-order valence-electron chi connectivity index (χ1n) is 9.13. The molecule has 0 heterocycles. The molecule has 0 radical (unpaired) electrons. The normalized spacial score (nSPS) is 57.2. The smallest absolute Gasteiger partial charge is 0.0266 e. The molecule has 0 nitrogen and oxygen atoms in total. The molecule has 4 saturated carbocycles. The van der Waals surface area contributed by atoms with Crippen LogP contribution in [0.3, 0.4) is 0 Å². The second-order valence-corrected chi connectivity index (χ2v) is 8.99. The predicted molar refractivity (Wildman–Crippen MR) is 81.0 cm³/mol. The van der Waals surface area contributed by atoms with Crippen LogP contribution in [0.1, 0.15) is 84.5 Å². The molecule has 4 rings (SSSR count). The highest BCUT2D eigenvalue weighted by atomic mass is 14.6. The molecule has 0 spiro atoms. The lowest BCUT2D eigenvalue weighted by Crippen LogP contribution is -2.51. The van der Waals surface area contributed by atoms with Crippen LogP contribution >= 0.6 is 0 Å². The van der Waals surface area contributed by atoms with E-state index in [1.54, 1.807) is 51.4 Å². The van der Waals surface area contributed by atoms with Crippen LogP contribution < -0.4 is 0 Å². The van der Waals surface area contributed by atoms with Crippen molar-refractivity contribution in [1.29, 1.82) is 0 Å². The molecule has 4 aliphatic carbocycles. The van der Waals surface area contributed by atoms with Gasteiger partial charge in [-0.15, -0.1) is 0 Å². The summed E-state index contributed by atoms with van der Waals surface area (Å²) >= 11 is 0. The number of rotatable bonds is 0. The van der Waals surface area contributed by atoms with Crippen LogP contribution in [-0.4, -0.2) is 0 Å². The summed E-state index contributed by atoms with van der Waals surface area (Å²) in [6, 6.07) is 0. The number of hydrogen-bond acceptors (Lipinski definition) is 0. The summed E-state index contributed by atoms with van der Waals surface area (Å²) < 4.78 is 0. The highest BCUT2D eigenvalue weighted by Gasteiger charge is 2.56. The minimum atomic E-state index is 0.741. The Balaban J connectivity index is 1.64. The van der Waals surface area contributed by atoms with Gasteiger partial charge in [0, 0.05) is 0 Å². The third-order valence-electron chi connectivity index (χ3n) is 8.36. The molecule has 0 aromatic heterocycles. The Morgan fingerprint density at radius 3 is 2.47 bits per heavy atom. The van der Waals surface area contributed by atoms with Gasteiger partial charge >= 0.3 is 0 Å². The minimum Gasteiger partial charge on any atom is -0.0594 e. The maximum absolute atomic E-state index is 2.70. The van der Waals surface area contributed by atoms with Gasteiger partial charge in [0.15, 0.2) is 0 Å². The fourth-order valence-corrected chi connectivity index (χ4v) is 7.29. The van der Waals surface area contributed by atoms with Crippen molar-refractivity contribution in [3.05, 3.63) is 0 Å². The van der Waals surface area contributed by atoms with Crippen LogP contribution in [-0.2, 0) is 0 Å². The van der Waals surface area contributed by atoms with Gasteiger partial charge in [-0.05, 0) is 85.9 Å². The van der Waals surface area contributed by atoms with Crippen molar-refractivity contribution in [3.63, 3.8) is 0 Å². The largest absolute Gasteiger partial charge is 0.0594 e. The van der Waals surface area contributed by atoms with Crippen LogP contribution in [0.4, 0.5) is 0 Å². The topological polar surface area (TPSA) is 0 Å². The molecule has 19 heavy (non-hydrogen) atoms. The summed E-state index contributed by atoms with van der Waals surface area (Å²) in [6.45, 7) is 5.33. The van der Waals surface area contributed by atoms with E-state index in [4.69, 9.17) is 0 Å². The van der Waals surface area contributed by atoms with Gasteiger partial charge in [-0.25, -0.2) is 0 Å². The van der Waals surface area contributed by atoms with E-state index in [0.29, 0.717) is 0 Å². The third kappa shape index (κ3) is 1.70. The van der Waals surface area contributed by atoms with Crippen molar-refractivity contribution in [2.75, 3.05) is 0 Å². The maximum Gasteiger partial charge on any atom is -0.0266 e. The third-order valence-corrected chi connectivity index (χ3v) is 8.36. The second-order valence-electron chi connectivity index (χ2n) is 8.99. The molecular weight excluding hydrogens is 228 g/mol. The van der Waals surface area contributed by atoms with Crippen LogP contribution in [0.15, 0.2) is 0 Å². The Hall–Kier alpha value is 0. The van der Waals surface area contributed by atoms with Crippen LogP contribution in [0.2, 0.25) is 0 Å². The maximum atomic E-state index is 2.70. The van der Waals surface area contributed by atoms with Gasteiger partial charge in [0.1, 0.15) is 0 Å². The lowest BCUT2D eigenvalue weighted by atomic mass is 9.45. The molecular formula is C19H32. The highest BCUT2D eigenvalue weighted by molar-refractivity contribution is 5.06. The molecule has 108 valence electrons. The van der Waals surface area contributed by atoms with Crippen molar-refractivity contribution in [3.8, 4) is 0 Å². The monoisotopic (exact) mass is 260 g/mol. The van der Waals surface area contributed by atoms with E-state index < -0.39 is 0 Å². The summed E-state index contributed by atoms with van der Waals surface area (Å²) in [5.41, 5.74) is 1.49. The zero-order valence-corrected chi connectivity index (χ0v) is 13.1. The van der Waals surface area contributed by atoms with E-state index in [1.807, 2.05) is 0 Å². The molecule has 0 N–H and O–H groups in total. The summed E-state index contributed by atoms with van der Waals surface area (Å²) in [4.78, 5) is 0. The summed E-state index contributed by atoms with van der Waals surface area (Å²) in [6.07, 6.45) is 17.1. The Kier molecular flexibility index (Phi) is 2.84. The molecule has 4 fully saturated rings. The van der Waals surface area contributed by atoms with Gasteiger partial charge in [-0.1, -0.05) is 33.1 Å². The SMILES string of the molecule is C[C@@]12CCC[C@H]1[C@H]1CC[C@H]3CCCC[C@]3(C)[C@H]1CC2. The van der Waals surface area contributed by atoms with Gasteiger partial charge in [0.25, 0.3) is 0 Å². The van der Waals surface area contributed by atoms with Crippen molar-refractivity contribution in [2.45, 2.75) is 84.5 Å². The van der Waals surface area contributed by atoms with E-state index >= 15 is 0 Å². The lowest BCUT2D eigenvalue weighted by molar-refractivity contribution is -0.103. The summed E-state index contributed by atoms with van der Waals surface area (Å²) in [7, 11) is 0. The molecule has 0 aliphatic heterocycles. The van der Waals surface area contributed by atoms with Crippen molar-refractivity contribution in [2.24, 2.45) is 34.5 Å². The van der Waals surface area contributed by atoms with E-state index in [1.165, 1.54) is 19.3 Å². The molecule has 4 aliphatic rings. The molecule has 0 amide bonds. The quantitative estimate of drug-likeness (QED) is 0.515. The van der Waals surface area contributed by atoms with Gasteiger partial charge in [-0.2, -0.15) is 0 Å². The minimum absolute atomic E-state index is 0.741. The molecule has 0 aromatic carbocycles. The molecule has 0 unspecified atom stereocenters. The van der Waals surface area contributed by atoms with E-state index in [2.05, 4.69) is 13.8 Å². The Morgan fingerprint density at radius 2 is 1.58 bits per heavy atom. The van der Waals surface area contributed by atoms with Gasteiger partial charge in [0.2, 0.25) is 0 Å². The standard InChI is InChI=1S/C19H32/c1-18-11-5-7-16(18)15-9-8-14-6-3-4-12-19(14,2)17(15)10-13-18/h14-17H,3-13H2,1-2H3/t14-,15-,16+,17+,18+,19+/m1/s1. The summed E-state index contributed by atoms with van der Waals surface area (Å²) in [5.74, 6) is 4.41. The van der Waals surface area contributed by atoms with Crippen LogP contribution in [0, 0.1) is 34.5 Å². The Morgan fingerprint density at radius 1 is 0.684 bits per heavy atom. The first kappa shape index (κ1) is 12.7. The zero-order chi connectivity index (χ0) is 13.1. The van der Waals surface area contributed by atoms with Gasteiger partial charge in [-0.3, -0.25) is 0 Å². The number of hydrogen-bond donors (Lipinski definition) is 0. The fourth-order valence-electron chi connectivity index (χ4n) is 7.29. The van der Waals surface area contributed by atoms with Crippen molar-refractivity contribution in [1.82, 2.24) is 0 Å². The van der Waals surface area contributed by atoms with E-state index in [0.717, 1.165) is 34.5 Å². The van der Waals surface area contributed by atoms with Crippen molar-refractivity contribution >= 4 is 0 Å². The molecule has 6 atom stereocenters. The first-order chi connectivity index (χ1) is 9.13. The van der Waals surface area contributed by atoms with Gasteiger partial charge < -0.3 is 0 Å². The fraction of sp³-hybridized carbons (Fsp3) is 1.00. The second kappa shape index (κ2) is 4.25. The molecule has 0 saturated heterocycles. The Bertz CT molecular complexity index is 359. The summed E-state index contributed by atoms with van der Waals surface area (Å²) in [5, 5.41) is 0. The van der Waals surface area contributed by atoms with Crippen LogP contribution in [0.5, 0.6) is 0 Å².